The molecule has 0 aliphatic heterocycles. The van der Waals surface area contributed by atoms with Crippen molar-refractivity contribution in [2.24, 2.45) is 0 Å². The first-order valence-corrected chi connectivity index (χ1v) is 10.8. The predicted molar refractivity (Wildman–Crippen MR) is 49.1 cm³/mol. The van der Waals surface area contributed by atoms with E-state index in [-0.39, 0.29) is 94.3 Å². The van der Waals surface area contributed by atoms with Gasteiger partial charge in [-0.3, -0.25) is 0 Å². The Morgan fingerprint density at radius 3 is 1.07 bits per heavy atom. The summed E-state index contributed by atoms with van der Waals surface area (Å²) in [4.78, 5) is 8.87. The molecule has 72 valence electrons. The zero-order chi connectivity index (χ0) is 6.28. The van der Waals surface area contributed by atoms with Crippen LogP contribution in [0.25, 0.3) is 0 Å². The molecule has 0 saturated heterocycles. The van der Waals surface area contributed by atoms with Crippen LogP contribution >= 0.6 is 8.25 Å². The molecule has 10 heteroatoms. The molecule has 0 spiro atoms. The van der Waals surface area contributed by atoms with Gasteiger partial charge in [0.15, 0.2) is 0 Å². The first-order valence-electron chi connectivity index (χ1n) is 1.71. The van der Waals surface area contributed by atoms with Crippen LogP contribution in [0.15, 0.2) is 0 Å². The number of hydrogen-bond acceptors (Lipinski definition) is 5. The maximum absolute atomic E-state index is 8.87. The molecule has 0 aromatic rings. The Morgan fingerprint density at radius 1 is 1.00 bits per heavy atom. The van der Waals surface area contributed by atoms with E-state index in [4.69, 9.17) is 14.7 Å². The standard InChI is InChI=1S/4CH4.4Na.HO4P.H2O/c;;;;;;;;1-4-5(2)3;/h4*1H4;;;;;1H;1H2/q;;;;;;2*+1;;/p-2. The molecule has 0 radical (unpaired) electrons. The second-order valence-corrected chi connectivity index (χ2v) is 0.894. The van der Waals surface area contributed by atoms with Crippen molar-refractivity contribution in [2.75, 3.05) is 0 Å². The molecule has 1 unspecified atom stereocenters. The van der Waals surface area contributed by atoms with E-state index in [2.05, 4.69) is 4.67 Å². The van der Waals surface area contributed by atoms with Crippen LogP contribution < -0.4 is 69.3 Å². The largest absolute Gasteiger partial charge is 0.870 e. The fraction of sp³-hybridized carbons (Fsp3) is 1.00. The normalized spacial score (nSPS) is 4.57. The molecule has 0 aliphatic carbocycles. The van der Waals surface area contributed by atoms with E-state index in [9.17, 15) is 0 Å². The van der Waals surface area contributed by atoms with E-state index in [1.54, 1.807) is 0 Å². The van der Waals surface area contributed by atoms with Gasteiger partial charge in [-0.2, -0.15) is 0 Å². The summed E-state index contributed by atoms with van der Waals surface area (Å²) in [6, 6.07) is 0. The molecule has 0 fully saturated rings. The van der Waals surface area contributed by atoms with E-state index >= 15 is 0 Å². The molecule has 5 nitrogen and oxygen atoms in total. The van der Waals surface area contributed by atoms with Gasteiger partial charge in [0, 0.05) is 0 Å². The third kappa shape index (κ3) is 101. The second kappa shape index (κ2) is 68.3. The Bertz CT molecular complexity index is 61.0. The molecule has 0 rings (SSSR count). The second-order valence-electron chi connectivity index (χ2n) is 0.298. The molecule has 0 aromatic heterocycles. The van der Waals surface area contributed by atoms with E-state index in [0.29, 0.717) is 0 Å². The first kappa shape index (κ1) is 64.4. The van der Waals surface area contributed by atoms with Crippen molar-refractivity contribution in [1.29, 1.82) is 0 Å². The average molecular weight is 268 g/mol. The third-order valence-electron chi connectivity index (χ3n) is 0.0609. The topological polar surface area (TPSA) is 102 Å². The Balaban J connectivity index is -0.00000000377. The third-order valence-corrected chi connectivity index (χ3v) is 0.183. The van der Waals surface area contributed by atoms with Crippen LogP contribution in [0.4, 0.5) is 0 Å². The van der Waals surface area contributed by atoms with Crippen molar-refractivity contribution in [2.45, 2.75) is 29.7 Å². The smallest absolute Gasteiger partial charge is 0.870 e. The van der Waals surface area contributed by atoms with Crippen molar-refractivity contribution in [3.63, 3.8) is 0 Å². The van der Waals surface area contributed by atoms with Crippen LogP contribution in [-0.2, 0) is 9.24 Å². The van der Waals surface area contributed by atoms with Gasteiger partial charge in [0.25, 0.3) is 0 Å². The van der Waals surface area contributed by atoms with Crippen molar-refractivity contribution < 1.29 is 84.0 Å². The maximum atomic E-state index is 8.87. The van der Waals surface area contributed by atoms with Crippen molar-refractivity contribution in [3.8, 4) is 0 Å². The summed E-state index contributed by atoms with van der Waals surface area (Å²) in [7, 11) is -3.15. The average Bonchev–Trinajstić information content (AvgIpc) is 1.73. The fourth-order valence-electron chi connectivity index (χ4n) is 0. The van der Waals surface area contributed by atoms with Crippen LogP contribution in [0.1, 0.15) is 29.7 Å². The van der Waals surface area contributed by atoms with Crippen molar-refractivity contribution in [1.82, 2.24) is 0 Å². The Labute approximate surface area is 162 Å². The van der Waals surface area contributed by atoms with Crippen LogP contribution in [0.3, 0.4) is 0 Å². The molecule has 14 heavy (non-hydrogen) atoms. The molecule has 1 atom stereocenters. The van der Waals surface area contributed by atoms with Crippen LogP contribution in [0.2, 0.25) is 0 Å². The van der Waals surface area contributed by atoms with Gasteiger partial charge in [-0.25, -0.2) is 4.67 Å². The Hall–Kier alpha value is 3.94. The minimum Gasteiger partial charge on any atom is -0.870 e. The molecule has 0 saturated carbocycles. The van der Waals surface area contributed by atoms with Crippen LogP contribution in [0, 0.1) is 0 Å². The maximum Gasteiger partial charge on any atom is -0.870 e. The van der Waals surface area contributed by atoms with E-state index in [0.717, 1.165) is 0 Å². The summed E-state index contributed by atoms with van der Waals surface area (Å²) in [6.45, 7) is 0. The zero-order valence-electron chi connectivity index (χ0n) is 6.53. The van der Waals surface area contributed by atoms with Crippen molar-refractivity contribution in [3.05, 3.63) is 0 Å². The molecular weight excluding hydrogens is 251 g/mol. The summed E-state index contributed by atoms with van der Waals surface area (Å²) < 4.78 is 11.3. The van der Waals surface area contributed by atoms with Gasteiger partial charge in [-0.05, 0) is 4.57 Å². The molecule has 0 bridgehead atoms. The molecule has 0 aliphatic rings. The van der Waals surface area contributed by atoms with Gasteiger partial charge in [0.05, 0.1) is 0 Å². The molecule has 1 N–H and O–H groups in total. The first-order chi connectivity index (χ1) is 3.27. The summed E-state index contributed by atoms with van der Waals surface area (Å²) in [5.74, 6) is 0. The van der Waals surface area contributed by atoms with Gasteiger partial charge in [0.2, 0.25) is 0 Å². The van der Waals surface area contributed by atoms with Gasteiger partial charge in [-0.1, -0.05) is 29.7 Å². The van der Waals surface area contributed by atoms with Gasteiger partial charge in [0.1, 0.15) is 0 Å². The van der Waals surface area contributed by atoms with E-state index in [1.165, 1.54) is 43.6 Å². The van der Waals surface area contributed by atoms with Gasteiger partial charge in [-0.15, -0.1) is 0 Å². The monoisotopic (exact) mass is 268 g/mol. The Kier molecular flexibility index (Phi) is 314. The molecular formula is C4H17Na4O5P. The van der Waals surface area contributed by atoms with E-state index < -0.39 is 8.25 Å². The quantitative estimate of drug-likeness (QED) is 0.204. The fourth-order valence-corrected chi connectivity index (χ4v) is 0. The molecule has 0 heterocycles. The van der Waals surface area contributed by atoms with Gasteiger partial charge >= 0.3 is 111 Å². The number of rotatable bonds is 1. The summed E-state index contributed by atoms with van der Waals surface area (Å²) in [5.41, 5.74) is 0. The zero-order valence-corrected chi connectivity index (χ0v) is 15.4. The summed E-state index contributed by atoms with van der Waals surface area (Å²) >= 11 is 2.89. The number of hydrogen-bond donors (Lipinski definition) is 0. The van der Waals surface area contributed by atoms with Crippen molar-refractivity contribution >= 4 is 51.9 Å². The molecule has 0 aromatic carbocycles. The van der Waals surface area contributed by atoms with Crippen LogP contribution in [-0.4, -0.2) is 49.1 Å². The molecule has 0 amide bonds. The van der Waals surface area contributed by atoms with Crippen LogP contribution in [0.5, 0.6) is 0 Å². The SMILES string of the molecule is C.C.C.C.O=[P+]([O-])O[O-].[Na+].[Na+].[Na][Na].[OH-]. The minimum atomic E-state index is -3.15. The summed E-state index contributed by atoms with van der Waals surface area (Å²) in [6.07, 6.45) is 0. The van der Waals surface area contributed by atoms with E-state index in [1.807, 2.05) is 0 Å². The Morgan fingerprint density at radius 2 is 1.07 bits per heavy atom. The van der Waals surface area contributed by atoms with Gasteiger partial charge < -0.3 is 15.6 Å². The summed E-state index contributed by atoms with van der Waals surface area (Å²) in [5, 5.41) is 8.53. The minimum absolute atomic E-state index is 0. The predicted octanol–water partition coefficient (Wildman–Crippen LogP) is -6.09.